The quantitative estimate of drug-likeness (QED) is 0.368. The first-order valence-corrected chi connectivity index (χ1v) is 10.8. The average molecular weight is 461 g/mol. The van der Waals surface area contributed by atoms with E-state index >= 15 is 0 Å². The molecule has 3 rings (SSSR count). The number of para-hydroxylation sites is 1. The van der Waals surface area contributed by atoms with Gasteiger partial charge in [0.05, 0.1) is 38.3 Å². The zero-order valence-corrected chi connectivity index (χ0v) is 18.6. The van der Waals surface area contributed by atoms with Crippen molar-refractivity contribution < 1.29 is 23.8 Å². The van der Waals surface area contributed by atoms with Crippen molar-refractivity contribution in [3.63, 3.8) is 0 Å². The van der Waals surface area contributed by atoms with Gasteiger partial charge in [0, 0.05) is 6.07 Å². The Hall–Kier alpha value is -3.31. The third-order valence-corrected chi connectivity index (χ3v) is 5.96. The maximum Gasteiger partial charge on any atom is 0.261 e. The van der Waals surface area contributed by atoms with Crippen molar-refractivity contribution in [2.45, 2.75) is 4.34 Å². The maximum atomic E-state index is 12.4. The number of anilines is 2. The predicted octanol–water partition coefficient (Wildman–Crippen LogP) is 3.55. The summed E-state index contributed by atoms with van der Waals surface area (Å²) in [5.41, 5.74) is 0.899. The SMILES string of the molecule is COc1ccc(OC)c(NC(=O)CSc2nnc(NC(=O)c3ccccc3OC)s2)c1. The van der Waals surface area contributed by atoms with Crippen LogP contribution in [0.4, 0.5) is 10.8 Å². The Bertz CT molecular complexity index is 1070. The first-order valence-electron chi connectivity index (χ1n) is 8.96. The normalized spacial score (nSPS) is 10.3. The molecule has 1 heterocycles. The Morgan fingerprint density at radius 1 is 0.968 bits per heavy atom. The molecule has 2 N–H and O–H groups in total. The number of rotatable bonds is 9. The molecule has 11 heteroatoms. The van der Waals surface area contributed by atoms with Gasteiger partial charge in [-0.15, -0.1) is 10.2 Å². The summed E-state index contributed by atoms with van der Waals surface area (Å²) in [5, 5.41) is 13.8. The highest BCUT2D eigenvalue weighted by Gasteiger charge is 2.15. The largest absolute Gasteiger partial charge is 0.497 e. The number of thioether (sulfide) groups is 1. The van der Waals surface area contributed by atoms with Gasteiger partial charge in [-0.3, -0.25) is 14.9 Å². The van der Waals surface area contributed by atoms with Crippen LogP contribution in [0.25, 0.3) is 0 Å². The molecule has 0 fully saturated rings. The lowest BCUT2D eigenvalue weighted by Gasteiger charge is -2.11. The second-order valence-corrected chi connectivity index (χ2v) is 8.13. The number of benzene rings is 2. The number of carbonyl (C=O) groups is 2. The smallest absolute Gasteiger partial charge is 0.261 e. The van der Waals surface area contributed by atoms with Gasteiger partial charge in [-0.1, -0.05) is 35.2 Å². The summed E-state index contributed by atoms with van der Waals surface area (Å²) in [5.74, 6) is 1.10. The van der Waals surface area contributed by atoms with Crippen LogP contribution >= 0.6 is 23.1 Å². The van der Waals surface area contributed by atoms with Crippen LogP contribution in [-0.2, 0) is 4.79 Å². The van der Waals surface area contributed by atoms with E-state index in [2.05, 4.69) is 20.8 Å². The fourth-order valence-electron chi connectivity index (χ4n) is 2.54. The summed E-state index contributed by atoms with van der Waals surface area (Å²) in [6, 6.07) is 12.0. The molecule has 0 saturated heterocycles. The van der Waals surface area contributed by atoms with Crippen LogP contribution in [0.2, 0.25) is 0 Å². The number of amides is 2. The number of nitrogens with one attached hydrogen (secondary N) is 2. The zero-order valence-electron chi connectivity index (χ0n) is 17.0. The van der Waals surface area contributed by atoms with Gasteiger partial charge in [-0.05, 0) is 24.3 Å². The fraction of sp³-hybridized carbons (Fsp3) is 0.200. The molecular formula is C20H20N4O5S2. The van der Waals surface area contributed by atoms with E-state index < -0.39 is 0 Å². The molecule has 162 valence electrons. The van der Waals surface area contributed by atoms with Crippen LogP contribution in [0.5, 0.6) is 17.2 Å². The summed E-state index contributed by atoms with van der Waals surface area (Å²) in [4.78, 5) is 24.8. The third kappa shape index (κ3) is 5.86. The van der Waals surface area contributed by atoms with Gasteiger partial charge in [-0.2, -0.15) is 0 Å². The molecule has 0 spiro atoms. The molecule has 0 saturated carbocycles. The molecule has 1 aromatic heterocycles. The van der Waals surface area contributed by atoms with Crippen molar-refractivity contribution in [3.05, 3.63) is 48.0 Å². The summed E-state index contributed by atoms with van der Waals surface area (Å²) in [6.45, 7) is 0. The van der Waals surface area contributed by atoms with Crippen LogP contribution in [0.1, 0.15) is 10.4 Å². The average Bonchev–Trinajstić information content (AvgIpc) is 3.24. The van der Waals surface area contributed by atoms with Crippen molar-refractivity contribution in [3.8, 4) is 17.2 Å². The summed E-state index contributed by atoms with van der Waals surface area (Å²) in [6.07, 6.45) is 0. The molecular weight excluding hydrogens is 440 g/mol. The van der Waals surface area contributed by atoms with E-state index in [0.29, 0.717) is 38.0 Å². The second-order valence-electron chi connectivity index (χ2n) is 5.93. The van der Waals surface area contributed by atoms with E-state index in [1.165, 1.54) is 37.3 Å². The molecule has 0 bridgehead atoms. The van der Waals surface area contributed by atoms with Gasteiger partial charge in [0.1, 0.15) is 17.2 Å². The van der Waals surface area contributed by atoms with Crippen molar-refractivity contribution in [1.82, 2.24) is 10.2 Å². The van der Waals surface area contributed by atoms with Crippen molar-refractivity contribution >= 4 is 45.7 Å². The molecule has 2 amide bonds. The highest BCUT2D eigenvalue weighted by atomic mass is 32.2. The minimum absolute atomic E-state index is 0.107. The zero-order chi connectivity index (χ0) is 22.2. The number of methoxy groups -OCH3 is 3. The minimum atomic E-state index is -0.354. The number of carbonyl (C=O) groups excluding carboxylic acids is 2. The molecule has 3 aromatic rings. The Labute approximate surface area is 187 Å². The molecule has 0 aliphatic heterocycles. The van der Waals surface area contributed by atoms with E-state index in [-0.39, 0.29) is 17.6 Å². The lowest BCUT2D eigenvalue weighted by molar-refractivity contribution is -0.113. The number of hydrogen-bond acceptors (Lipinski definition) is 9. The summed E-state index contributed by atoms with van der Waals surface area (Å²) < 4.78 is 16.2. The van der Waals surface area contributed by atoms with Crippen LogP contribution < -0.4 is 24.8 Å². The highest BCUT2D eigenvalue weighted by molar-refractivity contribution is 8.01. The van der Waals surface area contributed by atoms with E-state index in [4.69, 9.17) is 14.2 Å². The first kappa shape index (κ1) is 22.4. The lowest BCUT2D eigenvalue weighted by Crippen LogP contribution is -2.14. The number of hydrogen-bond donors (Lipinski definition) is 2. The molecule has 0 aliphatic rings. The standard InChI is InChI=1S/C20H20N4O5S2/c1-27-12-8-9-16(29-3)14(10-12)21-17(25)11-30-20-24-23-19(31-20)22-18(26)13-6-4-5-7-15(13)28-2/h4-10H,11H2,1-3H3,(H,21,25)(H,22,23,26). The molecule has 9 nitrogen and oxygen atoms in total. The topological polar surface area (TPSA) is 112 Å². The maximum absolute atomic E-state index is 12.4. The molecule has 0 unspecified atom stereocenters. The lowest BCUT2D eigenvalue weighted by atomic mass is 10.2. The van der Waals surface area contributed by atoms with Crippen LogP contribution in [0.3, 0.4) is 0 Å². The number of ether oxygens (including phenoxy) is 3. The Balaban J connectivity index is 1.57. The summed E-state index contributed by atoms with van der Waals surface area (Å²) >= 11 is 2.38. The van der Waals surface area contributed by atoms with E-state index in [9.17, 15) is 9.59 Å². The second kappa shape index (κ2) is 10.6. The van der Waals surface area contributed by atoms with Gasteiger partial charge in [0.2, 0.25) is 11.0 Å². The van der Waals surface area contributed by atoms with Gasteiger partial charge < -0.3 is 19.5 Å². The van der Waals surface area contributed by atoms with Gasteiger partial charge in [0.15, 0.2) is 4.34 Å². The van der Waals surface area contributed by atoms with Gasteiger partial charge in [0.25, 0.3) is 5.91 Å². The van der Waals surface area contributed by atoms with Gasteiger partial charge >= 0.3 is 0 Å². The Kier molecular flexibility index (Phi) is 7.68. The Morgan fingerprint density at radius 3 is 2.48 bits per heavy atom. The fourth-order valence-corrected chi connectivity index (χ4v) is 4.09. The molecule has 0 atom stereocenters. The van der Waals surface area contributed by atoms with Gasteiger partial charge in [-0.25, -0.2) is 0 Å². The van der Waals surface area contributed by atoms with E-state index in [1.807, 2.05) is 0 Å². The highest BCUT2D eigenvalue weighted by Crippen LogP contribution is 2.30. The summed E-state index contributed by atoms with van der Waals surface area (Å²) in [7, 11) is 4.56. The number of aromatic nitrogens is 2. The van der Waals surface area contributed by atoms with Crippen molar-refractivity contribution in [2.75, 3.05) is 37.7 Å². The first-order chi connectivity index (χ1) is 15.0. The molecule has 0 radical (unpaired) electrons. The predicted molar refractivity (Wildman–Crippen MR) is 120 cm³/mol. The number of nitrogens with zero attached hydrogens (tertiary/aromatic N) is 2. The van der Waals surface area contributed by atoms with Crippen LogP contribution in [0.15, 0.2) is 46.8 Å². The van der Waals surface area contributed by atoms with Crippen molar-refractivity contribution in [1.29, 1.82) is 0 Å². The monoisotopic (exact) mass is 460 g/mol. The molecule has 2 aromatic carbocycles. The third-order valence-electron chi connectivity index (χ3n) is 3.99. The van der Waals surface area contributed by atoms with E-state index in [0.717, 1.165) is 0 Å². The minimum Gasteiger partial charge on any atom is -0.497 e. The van der Waals surface area contributed by atoms with Crippen LogP contribution in [0, 0.1) is 0 Å². The Morgan fingerprint density at radius 2 is 1.74 bits per heavy atom. The molecule has 31 heavy (non-hydrogen) atoms. The van der Waals surface area contributed by atoms with E-state index in [1.54, 1.807) is 49.6 Å². The van der Waals surface area contributed by atoms with Crippen LogP contribution in [-0.4, -0.2) is 49.1 Å². The molecule has 0 aliphatic carbocycles. The van der Waals surface area contributed by atoms with Crippen molar-refractivity contribution in [2.24, 2.45) is 0 Å².